The van der Waals surface area contributed by atoms with Gasteiger partial charge in [-0.3, -0.25) is 0 Å². The van der Waals surface area contributed by atoms with Crippen LogP contribution in [0.15, 0.2) is 60.7 Å². The summed E-state index contributed by atoms with van der Waals surface area (Å²) in [6.45, 7) is 3.36. The molecule has 0 saturated carbocycles. The number of halogens is 1. The van der Waals surface area contributed by atoms with E-state index in [0.717, 1.165) is 28.6 Å². The Morgan fingerprint density at radius 2 is 1.72 bits per heavy atom. The number of hydrogen-bond acceptors (Lipinski definition) is 4. The lowest BCUT2D eigenvalue weighted by molar-refractivity contribution is 0.858. The van der Waals surface area contributed by atoms with Crippen LogP contribution in [0, 0.1) is 6.92 Å². The molecule has 4 nitrogen and oxygen atoms in total. The molecule has 0 radical (unpaired) electrons. The van der Waals surface area contributed by atoms with Crippen molar-refractivity contribution >= 4 is 23.4 Å². The second kappa shape index (κ2) is 7.99. The average molecular weight is 353 g/mol. The standard InChI is InChI=1S/C20H21ClN4/c1-15-12-19(22-13-17-10-6-7-11-18(17)21)24-20(23-15)25(2)14-16-8-4-3-5-9-16/h3-12H,13-14H2,1-2H3,(H,22,23,24). The Hall–Kier alpha value is -2.59. The third kappa shape index (κ3) is 4.70. The third-order valence-corrected chi connectivity index (χ3v) is 4.23. The highest BCUT2D eigenvalue weighted by Gasteiger charge is 2.08. The molecule has 0 amide bonds. The van der Waals surface area contributed by atoms with Crippen LogP contribution in [0.3, 0.4) is 0 Å². The predicted octanol–water partition coefficient (Wildman–Crippen LogP) is 4.69. The zero-order chi connectivity index (χ0) is 17.6. The molecule has 0 spiro atoms. The van der Waals surface area contributed by atoms with Crippen LogP contribution in [0.1, 0.15) is 16.8 Å². The second-order valence-corrected chi connectivity index (χ2v) is 6.39. The van der Waals surface area contributed by atoms with E-state index in [1.807, 2.05) is 67.4 Å². The first-order chi connectivity index (χ1) is 12.1. The maximum Gasteiger partial charge on any atom is 0.227 e. The Balaban J connectivity index is 1.72. The van der Waals surface area contributed by atoms with Crippen LogP contribution in [-0.4, -0.2) is 17.0 Å². The van der Waals surface area contributed by atoms with Gasteiger partial charge < -0.3 is 10.2 Å². The van der Waals surface area contributed by atoms with Crippen LogP contribution < -0.4 is 10.2 Å². The number of nitrogens with one attached hydrogen (secondary N) is 1. The van der Waals surface area contributed by atoms with Gasteiger partial charge in [-0.25, -0.2) is 4.98 Å². The molecule has 1 aromatic heterocycles. The van der Waals surface area contributed by atoms with Gasteiger partial charge in [0, 0.05) is 36.9 Å². The first-order valence-corrected chi connectivity index (χ1v) is 8.57. The van der Waals surface area contributed by atoms with Gasteiger partial charge in [0.05, 0.1) is 0 Å². The maximum atomic E-state index is 6.21. The molecular formula is C20H21ClN4. The molecule has 0 aliphatic carbocycles. The van der Waals surface area contributed by atoms with Crippen molar-refractivity contribution in [3.8, 4) is 0 Å². The minimum Gasteiger partial charge on any atom is -0.366 e. The van der Waals surface area contributed by atoms with Crippen LogP contribution >= 0.6 is 11.6 Å². The van der Waals surface area contributed by atoms with Crippen molar-refractivity contribution < 1.29 is 0 Å². The molecule has 0 saturated heterocycles. The summed E-state index contributed by atoms with van der Waals surface area (Å²) in [6, 6.07) is 20.0. The topological polar surface area (TPSA) is 41.1 Å². The molecule has 5 heteroatoms. The first-order valence-electron chi connectivity index (χ1n) is 8.20. The summed E-state index contributed by atoms with van der Waals surface area (Å²) in [5.74, 6) is 1.49. The van der Waals surface area contributed by atoms with Gasteiger partial charge in [0.2, 0.25) is 5.95 Å². The number of hydrogen-bond donors (Lipinski definition) is 1. The molecule has 1 N–H and O–H groups in total. The Morgan fingerprint density at radius 3 is 2.48 bits per heavy atom. The Kier molecular flexibility index (Phi) is 5.51. The largest absolute Gasteiger partial charge is 0.366 e. The van der Waals surface area contributed by atoms with E-state index in [-0.39, 0.29) is 0 Å². The molecule has 3 aromatic rings. The van der Waals surface area contributed by atoms with Crippen LogP contribution in [-0.2, 0) is 13.1 Å². The van der Waals surface area contributed by atoms with Crippen molar-refractivity contribution in [2.24, 2.45) is 0 Å². The lowest BCUT2D eigenvalue weighted by atomic mass is 10.2. The zero-order valence-electron chi connectivity index (χ0n) is 14.4. The summed E-state index contributed by atoms with van der Waals surface area (Å²) in [6.07, 6.45) is 0. The zero-order valence-corrected chi connectivity index (χ0v) is 15.2. The predicted molar refractivity (Wildman–Crippen MR) is 104 cm³/mol. The first kappa shape index (κ1) is 17.2. The quantitative estimate of drug-likeness (QED) is 0.699. The summed E-state index contributed by atoms with van der Waals surface area (Å²) in [5.41, 5.74) is 3.19. The average Bonchev–Trinajstić information content (AvgIpc) is 2.61. The normalized spacial score (nSPS) is 10.5. The highest BCUT2D eigenvalue weighted by Crippen LogP contribution is 2.18. The van der Waals surface area contributed by atoms with E-state index in [1.165, 1.54) is 5.56 Å². The highest BCUT2D eigenvalue weighted by atomic mass is 35.5. The lowest BCUT2D eigenvalue weighted by Gasteiger charge is -2.18. The summed E-state index contributed by atoms with van der Waals surface area (Å²) in [5, 5.41) is 4.09. The molecule has 0 aliphatic rings. The molecule has 128 valence electrons. The number of nitrogens with zero attached hydrogens (tertiary/aromatic N) is 3. The van der Waals surface area contributed by atoms with E-state index in [0.29, 0.717) is 12.5 Å². The van der Waals surface area contributed by atoms with Crippen molar-refractivity contribution in [3.63, 3.8) is 0 Å². The van der Waals surface area contributed by atoms with Crippen LogP contribution in [0.5, 0.6) is 0 Å². The Labute approximate surface area is 153 Å². The molecule has 0 aliphatic heterocycles. The minimum absolute atomic E-state index is 0.623. The van der Waals surface area contributed by atoms with Gasteiger partial charge >= 0.3 is 0 Å². The van der Waals surface area contributed by atoms with Gasteiger partial charge in [-0.1, -0.05) is 60.1 Å². The van der Waals surface area contributed by atoms with E-state index >= 15 is 0 Å². The molecule has 0 unspecified atom stereocenters. The fourth-order valence-electron chi connectivity index (χ4n) is 2.57. The van der Waals surface area contributed by atoms with Gasteiger partial charge in [0.15, 0.2) is 0 Å². The number of aryl methyl sites for hydroxylation is 1. The molecule has 25 heavy (non-hydrogen) atoms. The Morgan fingerprint density at radius 1 is 1.00 bits per heavy atom. The molecule has 2 aromatic carbocycles. The molecule has 0 fully saturated rings. The fourth-order valence-corrected chi connectivity index (χ4v) is 2.77. The van der Waals surface area contributed by atoms with E-state index in [9.17, 15) is 0 Å². The van der Waals surface area contributed by atoms with E-state index in [4.69, 9.17) is 11.6 Å². The summed E-state index contributed by atoms with van der Waals surface area (Å²) in [4.78, 5) is 11.2. The third-order valence-electron chi connectivity index (χ3n) is 3.86. The van der Waals surface area contributed by atoms with Crippen molar-refractivity contribution in [3.05, 3.63) is 82.5 Å². The van der Waals surface area contributed by atoms with Gasteiger partial charge in [-0.05, 0) is 24.1 Å². The molecule has 3 rings (SSSR count). The van der Waals surface area contributed by atoms with Gasteiger partial charge in [0.1, 0.15) is 5.82 Å². The van der Waals surface area contributed by atoms with Crippen LogP contribution in [0.25, 0.3) is 0 Å². The summed E-state index contributed by atoms with van der Waals surface area (Å²) in [7, 11) is 2.00. The van der Waals surface area contributed by atoms with Crippen LogP contribution in [0.2, 0.25) is 5.02 Å². The van der Waals surface area contributed by atoms with E-state index in [2.05, 4.69) is 27.4 Å². The van der Waals surface area contributed by atoms with Crippen LogP contribution in [0.4, 0.5) is 11.8 Å². The van der Waals surface area contributed by atoms with Crippen molar-refractivity contribution in [1.82, 2.24) is 9.97 Å². The molecule has 1 heterocycles. The van der Waals surface area contributed by atoms with E-state index in [1.54, 1.807) is 0 Å². The summed E-state index contributed by atoms with van der Waals surface area (Å²) < 4.78 is 0. The van der Waals surface area contributed by atoms with Gasteiger partial charge in [0.25, 0.3) is 0 Å². The molecular weight excluding hydrogens is 332 g/mol. The lowest BCUT2D eigenvalue weighted by Crippen LogP contribution is -2.20. The monoisotopic (exact) mass is 352 g/mol. The number of aromatic nitrogens is 2. The number of anilines is 2. The number of benzene rings is 2. The van der Waals surface area contributed by atoms with Crippen molar-refractivity contribution in [2.75, 3.05) is 17.3 Å². The smallest absolute Gasteiger partial charge is 0.227 e. The SMILES string of the molecule is Cc1cc(NCc2ccccc2Cl)nc(N(C)Cc2ccccc2)n1. The minimum atomic E-state index is 0.623. The van der Waals surface area contributed by atoms with Gasteiger partial charge in [-0.15, -0.1) is 0 Å². The number of rotatable bonds is 6. The molecule has 0 bridgehead atoms. The molecule has 0 atom stereocenters. The van der Waals surface area contributed by atoms with Crippen molar-refractivity contribution in [2.45, 2.75) is 20.0 Å². The van der Waals surface area contributed by atoms with E-state index < -0.39 is 0 Å². The fraction of sp³-hybridized carbons (Fsp3) is 0.200. The summed E-state index contributed by atoms with van der Waals surface area (Å²) >= 11 is 6.21. The maximum absolute atomic E-state index is 6.21. The van der Waals surface area contributed by atoms with Gasteiger partial charge in [-0.2, -0.15) is 4.98 Å². The highest BCUT2D eigenvalue weighted by molar-refractivity contribution is 6.31. The Bertz CT molecular complexity index is 836. The van der Waals surface area contributed by atoms with Crippen molar-refractivity contribution in [1.29, 1.82) is 0 Å². The second-order valence-electron chi connectivity index (χ2n) is 5.98.